The molecule has 5 rings (SSSR count). The molecule has 1 saturated heterocycles. The second kappa shape index (κ2) is 12.8. The van der Waals surface area contributed by atoms with Crippen molar-refractivity contribution in [2.24, 2.45) is 0 Å². The third-order valence-corrected chi connectivity index (χ3v) is 9.34. The minimum atomic E-state index is -4.08. The smallest absolute Gasteiger partial charge is 0.264 e. The predicted molar refractivity (Wildman–Crippen MR) is 167 cm³/mol. The van der Waals surface area contributed by atoms with Gasteiger partial charge in [-0.1, -0.05) is 65.7 Å². The first-order valence-corrected chi connectivity index (χ1v) is 15.7. The Morgan fingerprint density at radius 2 is 1.43 bits per heavy atom. The maximum atomic E-state index is 14.1. The highest BCUT2D eigenvalue weighted by Gasteiger charge is 2.29. The molecule has 216 valence electrons. The lowest BCUT2D eigenvalue weighted by Crippen LogP contribution is -2.36. The van der Waals surface area contributed by atoms with Crippen LogP contribution in [0, 0.1) is 6.92 Å². The van der Waals surface area contributed by atoms with E-state index in [1.165, 1.54) is 4.31 Å². The van der Waals surface area contributed by atoms with Gasteiger partial charge in [-0.15, -0.1) is 0 Å². The lowest BCUT2D eigenvalue weighted by Gasteiger charge is -2.28. The van der Waals surface area contributed by atoms with E-state index in [-0.39, 0.29) is 28.6 Å². The summed E-state index contributed by atoms with van der Waals surface area (Å²) in [5.41, 5.74) is 2.76. The minimum absolute atomic E-state index is 0.0261. The van der Waals surface area contributed by atoms with E-state index in [1.807, 2.05) is 11.8 Å². The molecule has 7 nitrogen and oxygen atoms in total. The maximum absolute atomic E-state index is 14.1. The molecule has 2 amide bonds. The summed E-state index contributed by atoms with van der Waals surface area (Å²) in [4.78, 5) is 29.1. The molecule has 1 aliphatic heterocycles. The van der Waals surface area contributed by atoms with Crippen LogP contribution in [0.25, 0.3) is 0 Å². The van der Waals surface area contributed by atoms with Crippen molar-refractivity contribution in [3.8, 4) is 0 Å². The number of carbonyl (C=O) groups is 2. The van der Waals surface area contributed by atoms with Crippen LogP contribution in [0.1, 0.15) is 51.1 Å². The Morgan fingerprint density at radius 1 is 0.810 bits per heavy atom. The number of rotatable bonds is 8. The van der Waals surface area contributed by atoms with Gasteiger partial charge < -0.3 is 10.2 Å². The van der Waals surface area contributed by atoms with Crippen molar-refractivity contribution >= 4 is 44.8 Å². The molecule has 1 fully saturated rings. The van der Waals surface area contributed by atoms with Crippen molar-refractivity contribution in [2.75, 3.05) is 22.7 Å². The Labute approximate surface area is 251 Å². The summed E-state index contributed by atoms with van der Waals surface area (Å²) in [7, 11) is -4.08. The number of anilines is 2. The van der Waals surface area contributed by atoms with E-state index >= 15 is 0 Å². The van der Waals surface area contributed by atoms with Gasteiger partial charge in [-0.3, -0.25) is 13.9 Å². The summed E-state index contributed by atoms with van der Waals surface area (Å²) in [5, 5.41) is 3.42. The van der Waals surface area contributed by atoms with Gasteiger partial charge in [-0.2, -0.15) is 0 Å². The van der Waals surface area contributed by atoms with E-state index in [0.29, 0.717) is 34.9 Å². The minimum Gasteiger partial charge on any atom is -0.339 e. The Hall–Kier alpha value is -4.14. The number of para-hydroxylation sites is 2. The van der Waals surface area contributed by atoms with Crippen LogP contribution in [0.3, 0.4) is 0 Å². The Bertz CT molecular complexity index is 1680. The van der Waals surface area contributed by atoms with Gasteiger partial charge in [0.15, 0.2) is 0 Å². The summed E-state index contributed by atoms with van der Waals surface area (Å²) >= 11 is 6.08. The highest BCUT2D eigenvalue weighted by atomic mass is 35.5. The summed E-state index contributed by atoms with van der Waals surface area (Å²) in [5.74, 6) is -0.657. The number of hydrogen-bond donors (Lipinski definition) is 1. The van der Waals surface area contributed by atoms with Crippen LogP contribution in [-0.2, 0) is 16.6 Å². The zero-order valence-electron chi connectivity index (χ0n) is 23.3. The highest BCUT2D eigenvalue weighted by molar-refractivity contribution is 7.92. The molecule has 1 heterocycles. The lowest BCUT2D eigenvalue weighted by molar-refractivity contribution is 0.0725. The standard InChI is InChI=1S/C33H32ClN3O4S/c1-24-13-19-27(20-14-24)42(40,41)37(23-25-15-17-26(34)18-16-25)31-12-6-4-10-29(31)32(38)35-30-11-5-3-9-28(30)33(39)36-21-7-2-8-22-36/h3-6,9-20H,2,7-8,21-23H2,1H3,(H,35,38). The van der Waals surface area contributed by atoms with Gasteiger partial charge in [-0.25, -0.2) is 8.42 Å². The van der Waals surface area contributed by atoms with Crippen molar-refractivity contribution in [1.82, 2.24) is 4.90 Å². The van der Waals surface area contributed by atoms with Gasteiger partial charge in [-0.05, 0) is 80.3 Å². The molecular formula is C33H32ClN3O4S. The fourth-order valence-electron chi connectivity index (χ4n) is 5.01. The quantitative estimate of drug-likeness (QED) is 0.237. The largest absolute Gasteiger partial charge is 0.339 e. The van der Waals surface area contributed by atoms with E-state index in [2.05, 4.69) is 5.32 Å². The first-order chi connectivity index (χ1) is 20.2. The molecule has 42 heavy (non-hydrogen) atoms. The third kappa shape index (κ3) is 6.50. The normalized spacial score (nSPS) is 13.4. The zero-order chi connectivity index (χ0) is 29.7. The predicted octanol–water partition coefficient (Wildman–Crippen LogP) is 6.92. The maximum Gasteiger partial charge on any atom is 0.264 e. The van der Waals surface area contributed by atoms with Crippen molar-refractivity contribution in [3.05, 3.63) is 124 Å². The number of nitrogens with one attached hydrogen (secondary N) is 1. The Morgan fingerprint density at radius 3 is 2.12 bits per heavy atom. The van der Waals surface area contributed by atoms with Crippen LogP contribution >= 0.6 is 11.6 Å². The van der Waals surface area contributed by atoms with E-state index in [9.17, 15) is 18.0 Å². The van der Waals surface area contributed by atoms with Crippen LogP contribution in [0.2, 0.25) is 5.02 Å². The lowest BCUT2D eigenvalue weighted by atomic mass is 10.1. The van der Waals surface area contributed by atoms with Crippen LogP contribution in [0.15, 0.2) is 102 Å². The van der Waals surface area contributed by atoms with Crippen molar-refractivity contribution in [3.63, 3.8) is 0 Å². The molecule has 1 aliphatic rings. The molecular weight excluding hydrogens is 570 g/mol. The number of halogens is 1. The molecule has 0 saturated carbocycles. The van der Waals surface area contributed by atoms with E-state index in [4.69, 9.17) is 11.6 Å². The molecule has 0 unspecified atom stereocenters. The van der Waals surface area contributed by atoms with Gasteiger partial charge in [0.2, 0.25) is 0 Å². The summed E-state index contributed by atoms with van der Waals surface area (Å²) in [6, 6.07) is 27.0. The topological polar surface area (TPSA) is 86.8 Å². The number of amides is 2. The highest BCUT2D eigenvalue weighted by Crippen LogP contribution is 2.31. The first-order valence-electron chi connectivity index (χ1n) is 13.9. The molecule has 9 heteroatoms. The molecule has 0 bridgehead atoms. The number of carbonyl (C=O) groups excluding carboxylic acids is 2. The summed E-state index contributed by atoms with van der Waals surface area (Å²) in [6.07, 6.45) is 3.00. The Balaban J connectivity index is 1.52. The fourth-order valence-corrected chi connectivity index (χ4v) is 6.61. The average molecular weight is 602 g/mol. The summed E-state index contributed by atoms with van der Waals surface area (Å²) in [6.45, 7) is 3.22. The molecule has 0 atom stereocenters. The third-order valence-electron chi connectivity index (χ3n) is 7.31. The molecule has 0 spiro atoms. The van der Waals surface area contributed by atoms with E-state index < -0.39 is 15.9 Å². The van der Waals surface area contributed by atoms with Crippen molar-refractivity contribution in [1.29, 1.82) is 0 Å². The van der Waals surface area contributed by atoms with E-state index in [0.717, 1.165) is 24.8 Å². The number of aryl methyl sites for hydroxylation is 1. The monoisotopic (exact) mass is 601 g/mol. The molecule has 4 aromatic rings. The molecule has 0 aliphatic carbocycles. The molecule has 4 aromatic carbocycles. The van der Waals surface area contributed by atoms with Crippen LogP contribution < -0.4 is 9.62 Å². The van der Waals surface area contributed by atoms with Gasteiger partial charge >= 0.3 is 0 Å². The Kier molecular flexibility index (Phi) is 8.94. The van der Waals surface area contributed by atoms with Crippen molar-refractivity contribution in [2.45, 2.75) is 37.6 Å². The molecule has 1 N–H and O–H groups in total. The van der Waals surface area contributed by atoms with Crippen LogP contribution in [0.4, 0.5) is 11.4 Å². The molecule has 0 radical (unpaired) electrons. The second-order valence-electron chi connectivity index (χ2n) is 10.3. The van der Waals surface area contributed by atoms with E-state index in [1.54, 1.807) is 97.1 Å². The fraction of sp³-hybridized carbons (Fsp3) is 0.212. The van der Waals surface area contributed by atoms with Gasteiger partial charge in [0, 0.05) is 18.1 Å². The summed E-state index contributed by atoms with van der Waals surface area (Å²) < 4.78 is 29.4. The van der Waals surface area contributed by atoms with Gasteiger partial charge in [0.05, 0.1) is 33.9 Å². The van der Waals surface area contributed by atoms with Gasteiger partial charge in [0.1, 0.15) is 0 Å². The average Bonchev–Trinajstić information content (AvgIpc) is 3.01. The second-order valence-corrected chi connectivity index (χ2v) is 12.6. The van der Waals surface area contributed by atoms with Gasteiger partial charge in [0.25, 0.3) is 21.8 Å². The van der Waals surface area contributed by atoms with Crippen LogP contribution in [0.5, 0.6) is 0 Å². The first kappa shape index (κ1) is 29.4. The number of piperidine rings is 1. The number of benzene rings is 4. The number of hydrogen-bond acceptors (Lipinski definition) is 4. The van der Waals surface area contributed by atoms with Crippen molar-refractivity contribution < 1.29 is 18.0 Å². The number of likely N-dealkylation sites (tertiary alicyclic amines) is 1. The molecule has 0 aromatic heterocycles. The SMILES string of the molecule is Cc1ccc(S(=O)(=O)N(Cc2ccc(Cl)cc2)c2ccccc2C(=O)Nc2ccccc2C(=O)N2CCCCC2)cc1. The number of sulfonamides is 1. The zero-order valence-corrected chi connectivity index (χ0v) is 24.9. The number of nitrogens with zero attached hydrogens (tertiary/aromatic N) is 2. The van der Waals surface area contributed by atoms with Crippen LogP contribution in [-0.4, -0.2) is 38.2 Å².